The highest BCUT2D eigenvalue weighted by atomic mass is 16.5. The van der Waals surface area contributed by atoms with E-state index in [1.165, 1.54) is 12.8 Å². The molecule has 4 unspecified atom stereocenters. The first-order valence-corrected chi connectivity index (χ1v) is 7.01. The maximum absolute atomic E-state index is 6.38. The van der Waals surface area contributed by atoms with E-state index in [1.807, 2.05) is 0 Å². The van der Waals surface area contributed by atoms with E-state index in [2.05, 4.69) is 18.7 Å². The van der Waals surface area contributed by atoms with Gasteiger partial charge in [-0.15, -0.1) is 0 Å². The van der Waals surface area contributed by atoms with E-state index >= 15 is 0 Å². The number of hydrogen-bond acceptors (Lipinski definition) is 4. The molecule has 1 aliphatic heterocycles. The van der Waals surface area contributed by atoms with E-state index in [9.17, 15) is 0 Å². The molecule has 18 heavy (non-hydrogen) atoms. The van der Waals surface area contributed by atoms with Crippen molar-refractivity contribution < 1.29 is 9.47 Å². The van der Waals surface area contributed by atoms with E-state index in [-0.39, 0.29) is 12.2 Å². The molecular formula is C14H28N2O2. The molecular weight excluding hydrogens is 228 g/mol. The van der Waals surface area contributed by atoms with Crippen LogP contribution < -0.4 is 5.73 Å². The van der Waals surface area contributed by atoms with Crippen molar-refractivity contribution in [1.82, 2.24) is 4.90 Å². The van der Waals surface area contributed by atoms with Crippen molar-refractivity contribution in [2.45, 2.75) is 44.9 Å². The summed E-state index contributed by atoms with van der Waals surface area (Å²) in [5.41, 5.74) is 6.68. The van der Waals surface area contributed by atoms with Gasteiger partial charge in [0.15, 0.2) is 0 Å². The lowest BCUT2D eigenvalue weighted by molar-refractivity contribution is -0.00461. The van der Waals surface area contributed by atoms with Gasteiger partial charge in [-0.3, -0.25) is 4.90 Å². The molecule has 2 N–H and O–H groups in total. The van der Waals surface area contributed by atoms with Crippen LogP contribution in [0.5, 0.6) is 0 Å². The topological polar surface area (TPSA) is 47.7 Å². The Bertz CT molecular complexity index is 271. The van der Waals surface area contributed by atoms with Crippen molar-refractivity contribution in [3.05, 3.63) is 0 Å². The third kappa shape index (κ3) is 2.72. The summed E-state index contributed by atoms with van der Waals surface area (Å²) in [4.78, 5) is 2.45. The van der Waals surface area contributed by atoms with Crippen molar-refractivity contribution in [1.29, 1.82) is 0 Å². The molecule has 4 nitrogen and oxygen atoms in total. The molecule has 2 fully saturated rings. The van der Waals surface area contributed by atoms with Gasteiger partial charge in [0, 0.05) is 39.9 Å². The summed E-state index contributed by atoms with van der Waals surface area (Å²) in [5.74, 6) is 0.619. The lowest BCUT2D eigenvalue weighted by Gasteiger charge is -2.29. The summed E-state index contributed by atoms with van der Waals surface area (Å²) < 4.78 is 11.0. The van der Waals surface area contributed by atoms with Crippen LogP contribution in [-0.4, -0.2) is 57.0 Å². The molecule has 1 saturated carbocycles. The molecule has 0 aromatic heterocycles. The largest absolute Gasteiger partial charge is 0.377 e. The van der Waals surface area contributed by atoms with Crippen molar-refractivity contribution in [2.75, 3.05) is 33.9 Å². The summed E-state index contributed by atoms with van der Waals surface area (Å²) >= 11 is 0. The summed E-state index contributed by atoms with van der Waals surface area (Å²) in [6.45, 7) is 7.61. The Kier molecular flexibility index (Phi) is 4.32. The van der Waals surface area contributed by atoms with Crippen LogP contribution in [0, 0.1) is 11.3 Å². The molecule has 0 aromatic carbocycles. The van der Waals surface area contributed by atoms with Gasteiger partial charge in [0.1, 0.15) is 0 Å². The van der Waals surface area contributed by atoms with Crippen LogP contribution in [0.1, 0.15) is 26.7 Å². The van der Waals surface area contributed by atoms with Gasteiger partial charge in [-0.1, -0.05) is 13.8 Å². The molecule has 1 heterocycles. The van der Waals surface area contributed by atoms with E-state index < -0.39 is 0 Å². The molecule has 1 saturated heterocycles. The molecule has 4 atom stereocenters. The van der Waals surface area contributed by atoms with Crippen molar-refractivity contribution in [3.63, 3.8) is 0 Å². The van der Waals surface area contributed by atoms with Crippen molar-refractivity contribution in [3.8, 4) is 0 Å². The van der Waals surface area contributed by atoms with Crippen LogP contribution in [0.2, 0.25) is 0 Å². The van der Waals surface area contributed by atoms with Crippen LogP contribution in [0.15, 0.2) is 0 Å². The molecule has 0 spiro atoms. The van der Waals surface area contributed by atoms with Gasteiger partial charge >= 0.3 is 0 Å². The zero-order valence-corrected chi connectivity index (χ0v) is 12.2. The van der Waals surface area contributed by atoms with Crippen molar-refractivity contribution in [2.24, 2.45) is 17.1 Å². The minimum atomic E-state index is 0.209. The number of nitrogens with two attached hydrogens (primary N) is 1. The summed E-state index contributed by atoms with van der Waals surface area (Å²) in [6.07, 6.45) is 2.91. The SMILES string of the molecule is COC1CN(CC2CCC(C)(C)C2N)CC1OC. The molecule has 2 rings (SSSR count). The number of likely N-dealkylation sites (tertiary alicyclic amines) is 1. The van der Waals surface area contributed by atoms with E-state index in [4.69, 9.17) is 15.2 Å². The second-order valence-corrected chi connectivity index (χ2v) is 6.58. The molecule has 2 aliphatic rings. The molecule has 0 aromatic rings. The highest BCUT2D eigenvalue weighted by Crippen LogP contribution is 2.40. The first-order valence-electron chi connectivity index (χ1n) is 7.01. The van der Waals surface area contributed by atoms with Crippen LogP contribution in [-0.2, 0) is 9.47 Å². The minimum absolute atomic E-state index is 0.209. The maximum atomic E-state index is 6.38. The van der Waals surface area contributed by atoms with Gasteiger partial charge in [0.05, 0.1) is 12.2 Å². The fourth-order valence-electron chi connectivity index (χ4n) is 3.50. The van der Waals surface area contributed by atoms with Gasteiger partial charge in [-0.2, -0.15) is 0 Å². The zero-order chi connectivity index (χ0) is 13.3. The number of ether oxygens (including phenoxy) is 2. The Hall–Kier alpha value is -0.160. The van der Waals surface area contributed by atoms with Gasteiger partial charge in [-0.25, -0.2) is 0 Å². The standard InChI is InChI=1S/C14H28N2O2/c1-14(2)6-5-10(13(14)15)7-16-8-11(17-3)12(9-16)18-4/h10-13H,5-9,15H2,1-4H3. The Morgan fingerprint density at radius 1 is 1.17 bits per heavy atom. The first kappa shape index (κ1) is 14.3. The molecule has 4 heteroatoms. The predicted molar refractivity (Wildman–Crippen MR) is 72.5 cm³/mol. The Balaban J connectivity index is 1.88. The lowest BCUT2D eigenvalue weighted by Crippen LogP contribution is -2.42. The average Bonchev–Trinajstić information content (AvgIpc) is 2.85. The predicted octanol–water partition coefficient (Wildman–Crippen LogP) is 1.10. The number of nitrogens with zero attached hydrogens (tertiary/aromatic N) is 1. The second-order valence-electron chi connectivity index (χ2n) is 6.58. The minimum Gasteiger partial charge on any atom is -0.377 e. The summed E-state index contributed by atoms with van der Waals surface area (Å²) in [5, 5.41) is 0. The third-order valence-corrected chi connectivity index (χ3v) is 4.96. The van der Waals surface area contributed by atoms with Gasteiger partial charge in [0.25, 0.3) is 0 Å². The van der Waals surface area contributed by atoms with Gasteiger partial charge in [0.2, 0.25) is 0 Å². The highest BCUT2D eigenvalue weighted by molar-refractivity contribution is 4.96. The fourth-order valence-corrected chi connectivity index (χ4v) is 3.50. The molecule has 106 valence electrons. The lowest BCUT2D eigenvalue weighted by atomic mass is 9.85. The summed E-state index contributed by atoms with van der Waals surface area (Å²) in [6, 6.07) is 0.320. The van der Waals surface area contributed by atoms with Crippen LogP contribution >= 0.6 is 0 Å². The van der Waals surface area contributed by atoms with Crippen LogP contribution in [0.3, 0.4) is 0 Å². The van der Waals surface area contributed by atoms with E-state index in [0.717, 1.165) is 19.6 Å². The molecule has 0 radical (unpaired) electrons. The van der Waals surface area contributed by atoms with Gasteiger partial charge < -0.3 is 15.2 Å². The molecule has 1 aliphatic carbocycles. The second kappa shape index (κ2) is 5.45. The smallest absolute Gasteiger partial charge is 0.0971 e. The number of hydrogen-bond donors (Lipinski definition) is 1. The molecule has 0 amide bonds. The van der Waals surface area contributed by atoms with E-state index in [0.29, 0.717) is 17.4 Å². The Morgan fingerprint density at radius 2 is 1.72 bits per heavy atom. The summed E-state index contributed by atoms with van der Waals surface area (Å²) in [7, 11) is 3.54. The van der Waals surface area contributed by atoms with E-state index in [1.54, 1.807) is 14.2 Å². The Morgan fingerprint density at radius 3 is 2.11 bits per heavy atom. The Labute approximate surface area is 111 Å². The fraction of sp³-hybridized carbons (Fsp3) is 1.00. The number of methoxy groups -OCH3 is 2. The van der Waals surface area contributed by atoms with Crippen LogP contribution in [0.25, 0.3) is 0 Å². The monoisotopic (exact) mass is 256 g/mol. The van der Waals surface area contributed by atoms with Crippen molar-refractivity contribution >= 4 is 0 Å². The number of rotatable bonds is 4. The zero-order valence-electron chi connectivity index (χ0n) is 12.2. The normalized spacial score (nSPS) is 40.5. The third-order valence-electron chi connectivity index (χ3n) is 4.96. The van der Waals surface area contributed by atoms with Crippen LogP contribution in [0.4, 0.5) is 0 Å². The maximum Gasteiger partial charge on any atom is 0.0971 e. The molecule has 0 bridgehead atoms. The quantitative estimate of drug-likeness (QED) is 0.818. The van der Waals surface area contributed by atoms with Gasteiger partial charge in [-0.05, 0) is 24.2 Å². The highest BCUT2D eigenvalue weighted by Gasteiger charge is 2.42. The average molecular weight is 256 g/mol. The first-order chi connectivity index (χ1) is 8.47.